The monoisotopic (exact) mass is 524 g/mol. The highest BCUT2D eigenvalue weighted by Crippen LogP contribution is 2.25. The van der Waals surface area contributed by atoms with Gasteiger partial charge in [0.15, 0.2) is 11.5 Å². The van der Waals surface area contributed by atoms with Crippen LogP contribution < -0.4 is 26.6 Å². The van der Waals surface area contributed by atoms with Crippen molar-refractivity contribution in [2.24, 2.45) is 5.73 Å². The molecule has 2 aromatic carbocycles. The van der Waals surface area contributed by atoms with Gasteiger partial charge in [0.25, 0.3) is 11.8 Å². The van der Waals surface area contributed by atoms with E-state index in [4.69, 9.17) is 5.73 Å². The third-order valence-corrected chi connectivity index (χ3v) is 6.93. The summed E-state index contributed by atoms with van der Waals surface area (Å²) in [5.74, 6) is 0.131. The van der Waals surface area contributed by atoms with Crippen LogP contribution in [0.1, 0.15) is 46.5 Å². The Kier molecular flexibility index (Phi) is 7.53. The van der Waals surface area contributed by atoms with Crippen molar-refractivity contribution in [1.82, 2.24) is 20.3 Å². The number of fused-ring (bicyclic) bond motifs is 1. The molecule has 1 aliphatic carbocycles. The molecule has 1 aliphatic rings. The number of hydrogen-bond acceptors (Lipinski definition) is 8. The first-order valence-electron chi connectivity index (χ1n) is 13.0. The minimum atomic E-state index is -0.661. The van der Waals surface area contributed by atoms with E-state index in [1.54, 1.807) is 6.20 Å². The molecule has 2 aromatic heterocycles. The predicted octanol–water partition coefficient (Wildman–Crippen LogP) is 4.09. The van der Waals surface area contributed by atoms with Gasteiger partial charge in [-0.05, 0) is 74.2 Å². The Morgan fingerprint density at radius 1 is 0.949 bits per heavy atom. The minimum Gasteiger partial charge on any atom is -0.378 e. The van der Waals surface area contributed by atoms with Crippen LogP contribution in [0.4, 0.5) is 23.0 Å². The lowest BCUT2D eigenvalue weighted by Crippen LogP contribution is -2.40. The van der Waals surface area contributed by atoms with Crippen LogP contribution in [0, 0.1) is 0 Å². The maximum absolute atomic E-state index is 12.7. The molecule has 1 saturated carbocycles. The Morgan fingerprint density at radius 2 is 1.69 bits per heavy atom. The number of nitrogens with one attached hydrogen (secondary N) is 3. The SMILES string of the molecule is CN(C)c1ccc(C(=O)NC2CCC(Nc3cnc(C(N)=O)c(Nc4ccc5ncccc5c4)n3)CC2)cc1. The molecule has 0 unspecified atom stereocenters. The molecule has 39 heavy (non-hydrogen) atoms. The molecule has 0 spiro atoms. The van der Waals surface area contributed by atoms with E-state index in [0.717, 1.165) is 48.0 Å². The predicted molar refractivity (Wildman–Crippen MR) is 153 cm³/mol. The smallest absolute Gasteiger partial charge is 0.271 e. The fourth-order valence-electron chi connectivity index (χ4n) is 4.79. The average Bonchev–Trinajstić information content (AvgIpc) is 2.94. The fourth-order valence-corrected chi connectivity index (χ4v) is 4.79. The van der Waals surface area contributed by atoms with Crippen LogP contribution in [-0.2, 0) is 0 Å². The summed E-state index contributed by atoms with van der Waals surface area (Å²) in [4.78, 5) is 39.9. The molecule has 2 heterocycles. The second-order valence-corrected chi connectivity index (χ2v) is 9.96. The van der Waals surface area contributed by atoms with Gasteiger partial charge in [0.1, 0.15) is 5.82 Å². The van der Waals surface area contributed by atoms with Crippen LogP contribution in [0.2, 0.25) is 0 Å². The topological polar surface area (TPSA) is 138 Å². The van der Waals surface area contributed by atoms with Gasteiger partial charge in [-0.2, -0.15) is 0 Å². The molecule has 0 radical (unpaired) electrons. The van der Waals surface area contributed by atoms with Gasteiger partial charge in [-0.25, -0.2) is 9.97 Å². The Morgan fingerprint density at radius 3 is 2.41 bits per heavy atom. The zero-order chi connectivity index (χ0) is 27.4. The molecule has 0 bridgehead atoms. The summed E-state index contributed by atoms with van der Waals surface area (Å²) in [5, 5.41) is 10.7. The number of primary amides is 1. The number of hydrogen-bond donors (Lipinski definition) is 4. The normalized spacial score (nSPS) is 16.9. The second-order valence-electron chi connectivity index (χ2n) is 9.96. The highest BCUT2D eigenvalue weighted by Gasteiger charge is 2.24. The van der Waals surface area contributed by atoms with Crippen LogP contribution in [0.5, 0.6) is 0 Å². The number of nitrogens with two attached hydrogens (primary N) is 1. The first kappa shape index (κ1) is 25.9. The molecule has 1 fully saturated rings. The summed E-state index contributed by atoms with van der Waals surface area (Å²) in [7, 11) is 3.94. The number of amides is 2. The zero-order valence-corrected chi connectivity index (χ0v) is 22.0. The number of benzene rings is 2. The molecule has 0 aliphatic heterocycles. The lowest BCUT2D eigenvalue weighted by atomic mass is 9.91. The highest BCUT2D eigenvalue weighted by molar-refractivity contribution is 5.97. The lowest BCUT2D eigenvalue weighted by Gasteiger charge is -2.30. The number of aromatic nitrogens is 3. The van der Waals surface area contributed by atoms with Crippen molar-refractivity contribution in [1.29, 1.82) is 0 Å². The Labute approximate surface area is 227 Å². The molecule has 10 nitrogen and oxygen atoms in total. The summed E-state index contributed by atoms with van der Waals surface area (Å²) in [6.45, 7) is 0. The molecule has 0 atom stereocenters. The first-order chi connectivity index (χ1) is 18.9. The van der Waals surface area contributed by atoms with Gasteiger partial charge in [0, 0.05) is 54.7 Å². The van der Waals surface area contributed by atoms with Crippen LogP contribution in [0.3, 0.4) is 0 Å². The number of rotatable bonds is 8. The van der Waals surface area contributed by atoms with E-state index < -0.39 is 5.91 Å². The molecule has 2 amide bonds. The van der Waals surface area contributed by atoms with Crippen molar-refractivity contribution in [2.75, 3.05) is 29.6 Å². The van der Waals surface area contributed by atoms with E-state index in [9.17, 15) is 9.59 Å². The summed E-state index contributed by atoms with van der Waals surface area (Å²) >= 11 is 0. The maximum Gasteiger partial charge on any atom is 0.271 e. The summed E-state index contributed by atoms with van der Waals surface area (Å²) in [6, 6.07) is 17.4. The third kappa shape index (κ3) is 6.23. The van der Waals surface area contributed by atoms with Crippen molar-refractivity contribution in [2.45, 2.75) is 37.8 Å². The zero-order valence-electron chi connectivity index (χ0n) is 22.0. The standard InChI is InChI=1S/C29H32N8O2/c1-37(2)23-12-5-18(6-13-23)29(39)35-21-9-7-20(8-10-21)33-25-17-32-26(27(30)38)28(36-25)34-22-11-14-24-19(16-22)4-3-15-31-24/h3-6,11-17,20-21H,7-10H2,1-2H3,(H2,30,38)(H,35,39)(H2,33,34,36). The van der Waals surface area contributed by atoms with E-state index in [1.165, 1.54) is 6.20 Å². The number of carbonyl (C=O) groups excluding carboxylic acids is 2. The molecule has 5 N–H and O–H groups in total. The van der Waals surface area contributed by atoms with E-state index in [2.05, 4.69) is 30.9 Å². The third-order valence-electron chi connectivity index (χ3n) is 6.93. The Balaban J connectivity index is 1.20. The van der Waals surface area contributed by atoms with Gasteiger partial charge in [-0.1, -0.05) is 6.07 Å². The molecular formula is C29H32N8O2. The summed E-state index contributed by atoms with van der Waals surface area (Å²) in [5.41, 5.74) is 8.96. The van der Waals surface area contributed by atoms with Crippen LogP contribution in [-0.4, -0.2) is 52.9 Å². The first-order valence-corrected chi connectivity index (χ1v) is 13.0. The molecule has 200 valence electrons. The van der Waals surface area contributed by atoms with Crippen molar-refractivity contribution >= 4 is 45.7 Å². The molecule has 10 heteroatoms. The highest BCUT2D eigenvalue weighted by atomic mass is 16.2. The quantitative estimate of drug-likeness (QED) is 0.270. The van der Waals surface area contributed by atoms with Gasteiger partial charge in [-0.3, -0.25) is 14.6 Å². The summed E-state index contributed by atoms with van der Waals surface area (Å²) in [6.07, 6.45) is 6.70. The van der Waals surface area contributed by atoms with Crippen molar-refractivity contribution in [3.63, 3.8) is 0 Å². The van der Waals surface area contributed by atoms with E-state index >= 15 is 0 Å². The van der Waals surface area contributed by atoms with E-state index in [1.807, 2.05) is 73.6 Å². The van der Waals surface area contributed by atoms with Gasteiger partial charge >= 0.3 is 0 Å². The fraction of sp³-hybridized carbons (Fsp3) is 0.276. The molecule has 4 aromatic rings. The largest absolute Gasteiger partial charge is 0.378 e. The Bertz CT molecular complexity index is 1480. The average molecular weight is 525 g/mol. The van der Waals surface area contributed by atoms with Crippen LogP contribution in [0.25, 0.3) is 10.9 Å². The molecular weight excluding hydrogens is 492 g/mol. The van der Waals surface area contributed by atoms with Crippen LogP contribution in [0.15, 0.2) is 67.0 Å². The molecule has 0 saturated heterocycles. The van der Waals surface area contributed by atoms with Crippen molar-refractivity contribution in [3.8, 4) is 0 Å². The molecule has 5 rings (SSSR count). The lowest BCUT2D eigenvalue weighted by molar-refractivity contribution is 0.0925. The van der Waals surface area contributed by atoms with Crippen molar-refractivity contribution in [3.05, 3.63) is 78.2 Å². The van der Waals surface area contributed by atoms with E-state index in [-0.39, 0.29) is 29.5 Å². The summed E-state index contributed by atoms with van der Waals surface area (Å²) < 4.78 is 0. The minimum absolute atomic E-state index is 0.0511. The van der Waals surface area contributed by atoms with Crippen LogP contribution >= 0.6 is 0 Å². The van der Waals surface area contributed by atoms with E-state index in [0.29, 0.717) is 11.4 Å². The van der Waals surface area contributed by atoms with Gasteiger partial charge in [-0.15, -0.1) is 0 Å². The van der Waals surface area contributed by atoms with Gasteiger partial charge in [0.2, 0.25) is 0 Å². The van der Waals surface area contributed by atoms with Crippen molar-refractivity contribution < 1.29 is 9.59 Å². The number of nitrogens with zero attached hydrogens (tertiary/aromatic N) is 4. The Hall–Kier alpha value is -4.73. The number of anilines is 4. The second kappa shape index (κ2) is 11.3. The van der Waals surface area contributed by atoms with Gasteiger partial charge < -0.3 is 26.6 Å². The van der Waals surface area contributed by atoms with Gasteiger partial charge in [0.05, 0.1) is 11.7 Å². The number of pyridine rings is 1. The maximum atomic E-state index is 12.7. The number of carbonyl (C=O) groups is 2.